The number of carbonyl (C=O) groups excluding carboxylic acids is 1. The zero-order valence-electron chi connectivity index (χ0n) is 14.4. The second-order valence-electron chi connectivity index (χ2n) is 6.33. The minimum atomic E-state index is -0.144. The molecule has 0 radical (unpaired) electrons. The molecule has 1 fully saturated rings. The fourth-order valence-electron chi connectivity index (χ4n) is 3.24. The van der Waals surface area contributed by atoms with Crippen LogP contribution in [0.3, 0.4) is 0 Å². The fraction of sp³-hybridized carbons (Fsp3) is 0.350. The summed E-state index contributed by atoms with van der Waals surface area (Å²) in [5.74, 6) is 0.580. The molecule has 0 aliphatic carbocycles. The van der Waals surface area contributed by atoms with Crippen LogP contribution >= 0.6 is 0 Å². The Morgan fingerprint density at radius 2 is 2.08 bits per heavy atom. The number of nitrogens with one attached hydrogen (secondary N) is 1. The molecule has 25 heavy (non-hydrogen) atoms. The SMILES string of the molecule is COc1ccc(C(=O)Nc2cccc(CN3CCC[C@@H]3CO)c2)cc1. The van der Waals surface area contributed by atoms with Gasteiger partial charge in [-0.25, -0.2) is 0 Å². The van der Waals surface area contributed by atoms with E-state index in [1.54, 1.807) is 31.4 Å². The average molecular weight is 340 g/mol. The smallest absolute Gasteiger partial charge is 0.255 e. The number of amides is 1. The molecular weight excluding hydrogens is 316 g/mol. The van der Waals surface area contributed by atoms with Crippen molar-refractivity contribution in [3.8, 4) is 5.75 Å². The second-order valence-corrected chi connectivity index (χ2v) is 6.33. The van der Waals surface area contributed by atoms with E-state index in [0.29, 0.717) is 5.56 Å². The van der Waals surface area contributed by atoms with Crippen molar-refractivity contribution in [2.45, 2.75) is 25.4 Å². The normalized spacial score (nSPS) is 17.4. The Morgan fingerprint density at radius 1 is 1.28 bits per heavy atom. The summed E-state index contributed by atoms with van der Waals surface area (Å²) in [4.78, 5) is 14.7. The Balaban J connectivity index is 1.65. The zero-order valence-corrected chi connectivity index (χ0v) is 14.4. The summed E-state index contributed by atoms with van der Waals surface area (Å²) in [6.45, 7) is 2.00. The lowest BCUT2D eigenvalue weighted by molar-refractivity contribution is 0.102. The van der Waals surface area contributed by atoms with Gasteiger partial charge in [0.05, 0.1) is 13.7 Å². The summed E-state index contributed by atoms with van der Waals surface area (Å²) < 4.78 is 5.11. The number of aliphatic hydroxyl groups excluding tert-OH is 1. The van der Waals surface area contributed by atoms with Gasteiger partial charge in [0.15, 0.2) is 0 Å². The first-order valence-corrected chi connectivity index (χ1v) is 8.59. The van der Waals surface area contributed by atoms with Gasteiger partial charge in [0.2, 0.25) is 0 Å². The number of benzene rings is 2. The molecule has 1 saturated heterocycles. The second kappa shape index (κ2) is 8.14. The molecule has 0 spiro atoms. The Morgan fingerprint density at radius 3 is 2.80 bits per heavy atom. The van der Waals surface area contributed by atoms with Crippen LogP contribution in [0.2, 0.25) is 0 Å². The number of hydrogen-bond donors (Lipinski definition) is 2. The van der Waals surface area contributed by atoms with Crippen LogP contribution in [-0.4, -0.2) is 42.2 Å². The van der Waals surface area contributed by atoms with Gasteiger partial charge in [0.25, 0.3) is 5.91 Å². The number of rotatable bonds is 6. The Hall–Kier alpha value is -2.37. The van der Waals surface area contributed by atoms with Crippen molar-refractivity contribution in [3.63, 3.8) is 0 Å². The number of methoxy groups -OCH3 is 1. The van der Waals surface area contributed by atoms with Crippen molar-refractivity contribution in [1.82, 2.24) is 4.90 Å². The van der Waals surface area contributed by atoms with Crippen molar-refractivity contribution >= 4 is 11.6 Å². The number of hydrogen-bond acceptors (Lipinski definition) is 4. The highest BCUT2D eigenvalue weighted by Gasteiger charge is 2.23. The molecule has 1 atom stereocenters. The molecule has 132 valence electrons. The highest BCUT2D eigenvalue weighted by atomic mass is 16.5. The lowest BCUT2D eigenvalue weighted by Crippen LogP contribution is -2.31. The first-order valence-electron chi connectivity index (χ1n) is 8.59. The highest BCUT2D eigenvalue weighted by molar-refractivity contribution is 6.04. The number of ether oxygens (including phenoxy) is 1. The maximum atomic E-state index is 12.4. The van der Waals surface area contributed by atoms with Gasteiger partial charge in [-0.1, -0.05) is 12.1 Å². The molecule has 1 aliphatic heterocycles. The molecule has 2 aromatic carbocycles. The maximum Gasteiger partial charge on any atom is 0.255 e. The summed E-state index contributed by atoms with van der Waals surface area (Å²) in [6.07, 6.45) is 2.17. The van der Waals surface area contributed by atoms with E-state index in [-0.39, 0.29) is 18.6 Å². The van der Waals surface area contributed by atoms with Crippen LogP contribution in [0.5, 0.6) is 5.75 Å². The largest absolute Gasteiger partial charge is 0.497 e. The van der Waals surface area contributed by atoms with Gasteiger partial charge >= 0.3 is 0 Å². The van der Waals surface area contributed by atoms with E-state index in [4.69, 9.17) is 4.74 Å². The van der Waals surface area contributed by atoms with E-state index in [0.717, 1.165) is 42.9 Å². The van der Waals surface area contributed by atoms with E-state index in [2.05, 4.69) is 16.3 Å². The standard InChI is InChI=1S/C20H24N2O3/c1-25-19-9-7-16(8-10-19)20(24)21-17-5-2-4-15(12-17)13-22-11-3-6-18(22)14-23/h2,4-5,7-10,12,18,23H,3,6,11,13-14H2,1H3,(H,21,24)/t18-/m1/s1. The van der Waals surface area contributed by atoms with E-state index < -0.39 is 0 Å². The molecule has 0 bridgehead atoms. The van der Waals surface area contributed by atoms with Crippen molar-refractivity contribution in [3.05, 3.63) is 59.7 Å². The minimum absolute atomic E-state index is 0.144. The van der Waals surface area contributed by atoms with Crippen molar-refractivity contribution in [1.29, 1.82) is 0 Å². The van der Waals surface area contributed by atoms with E-state index in [9.17, 15) is 9.90 Å². The zero-order chi connectivity index (χ0) is 17.6. The predicted molar refractivity (Wildman–Crippen MR) is 97.9 cm³/mol. The molecule has 1 amide bonds. The summed E-state index contributed by atoms with van der Waals surface area (Å²) in [5.41, 5.74) is 2.50. The number of aliphatic hydroxyl groups is 1. The van der Waals surface area contributed by atoms with E-state index in [1.165, 1.54) is 0 Å². The summed E-state index contributed by atoms with van der Waals surface area (Å²) >= 11 is 0. The van der Waals surface area contributed by atoms with Gasteiger partial charge in [-0.15, -0.1) is 0 Å². The van der Waals surface area contributed by atoms with Gasteiger partial charge in [-0.3, -0.25) is 9.69 Å². The average Bonchev–Trinajstić information content (AvgIpc) is 3.09. The van der Waals surface area contributed by atoms with Gasteiger partial charge in [-0.2, -0.15) is 0 Å². The number of carbonyl (C=O) groups is 1. The molecule has 2 aromatic rings. The molecular formula is C20H24N2O3. The Labute approximate surface area is 148 Å². The van der Waals surface area contributed by atoms with Gasteiger partial charge in [-0.05, 0) is 61.3 Å². The third kappa shape index (κ3) is 4.38. The molecule has 1 heterocycles. The van der Waals surface area contributed by atoms with Crippen LogP contribution in [0.4, 0.5) is 5.69 Å². The Bertz CT molecular complexity index is 715. The summed E-state index contributed by atoms with van der Waals surface area (Å²) in [6, 6.07) is 15.2. The minimum Gasteiger partial charge on any atom is -0.497 e. The van der Waals surface area contributed by atoms with E-state index >= 15 is 0 Å². The summed E-state index contributed by atoms with van der Waals surface area (Å²) in [5, 5.41) is 12.4. The monoisotopic (exact) mass is 340 g/mol. The third-order valence-electron chi connectivity index (χ3n) is 4.63. The topological polar surface area (TPSA) is 61.8 Å². The lowest BCUT2D eigenvalue weighted by atomic mass is 10.1. The van der Waals surface area contributed by atoms with Crippen LogP contribution in [0, 0.1) is 0 Å². The number of nitrogens with zero attached hydrogens (tertiary/aromatic N) is 1. The Kier molecular flexibility index (Phi) is 5.68. The summed E-state index contributed by atoms with van der Waals surface area (Å²) in [7, 11) is 1.60. The van der Waals surface area contributed by atoms with Crippen LogP contribution in [0.25, 0.3) is 0 Å². The quantitative estimate of drug-likeness (QED) is 0.849. The van der Waals surface area contributed by atoms with Crippen molar-refractivity contribution < 1.29 is 14.6 Å². The third-order valence-corrected chi connectivity index (χ3v) is 4.63. The van der Waals surface area contributed by atoms with Crippen LogP contribution in [0.1, 0.15) is 28.8 Å². The van der Waals surface area contributed by atoms with Crippen LogP contribution in [0.15, 0.2) is 48.5 Å². The molecule has 0 unspecified atom stereocenters. The van der Waals surface area contributed by atoms with Gasteiger partial charge < -0.3 is 15.2 Å². The maximum absolute atomic E-state index is 12.4. The first-order chi connectivity index (χ1) is 12.2. The van der Waals surface area contributed by atoms with Gasteiger partial charge in [0, 0.05) is 23.8 Å². The van der Waals surface area contributed by atoms with Crippen molar-refractivity contribution in [2.75, 3.05) is 25.6 Å². The van der Waals surface area contributed by atoms with E-state index in [1.807, 2.05) is 18.2 Å². The molecule has 2 N–H and O–H groups in total. The van der Waals surface area contributed by atoms with Crippen LogP contribution in [-0.2, 0) is 6.54 Å². The lowest BCUT2D eigenvalue weighted by Gasteiger charge is -2.22. The predicted octanol–water partition coefficient (Wildman–Crippen LogP) is 2.90. The van der Waals surface area contributed by atoms with Gasteiger partial charge in [0.1, 0.15) is 5.75 Å². The van der Waals surface area contributed by atoms with Crippen molar-refractivity contribution in [2.24, 2.45) is 0 Å². The first kappa shape index (κ1) is 17.5. The number of anilines is 1. The molecule has 3 rings (SSSR count). The van der Waals surface area contributed by atoms with Crippen LogP contribution < -0.4 is 10.1 Å². The highest BCUT2D eigenvalue weighted by Crippen LogP contribution is 2.21. The molecule has 1 aliphatic rings. The molecule has 5 nitrogen and oxygen atoms in total. The fourth-order valence-corrected chi connectivity index (χ4v) is 3.24. The number of likely N-dealkylation sites (tertiary alicyclic amines) is 1. The molecule has 0 saturated carbocycles. The molecule has 5 heteroatoms. The molecule has 0 aromatic heterocycles.